The summed E-state index contributed by atoms with van der Waals surface area (Å²) in [7, 11) is 1.63. The van der Waals surface area contributed by atoms with E-state index in [1.165, 1.54) is 11.8 Å². The van der Waals surface area contributed by atoms with E-state index < -0.39 is 0 Å². The Bertz CT molecular complexity index is 986. The number of hydrogen-bond donors (Lipinski definition) is 1. The maximum atomic E-state index is 12.0. The van der Waals surface area contributed by atoms with Crippen LogP contribution < -0.4 is 5.32 Å². The Morgan fingerprint density at radius 1 is 1.19 bits per heavy atom. The van der Waals surface area contributed by atoms with Crippen LogP contribution in [0.2, 0.25) is 5.02 Å². The molecule has 1 aromatic heterocycles. The van der Waals surface area contributed by atoms with E-state index in [-0.39, 0.29) is 11.2 Å². The van der Waals surface area contributed by atoms with Crippen LogP contribution in [0, 0.1) is 13.8 Å². The Kier molecular flexibility index (Phi) is 5.87. The maximum absolute atomic E-state index is 12.0. The number of rotatable bonds is 5. The largest absolute Gasteiger partial charge is 0.358 e. The molecule has 3 aromatic rings. The number of aryl methyl sites for hydroxylation is 2. The van der Waals surface area contributed by atoms with Crippen molar-refractivity contribution in [3.8, 4) is 17.1 Å². The van der Waals surface area contributed by atoms with Crippen LogP contribution >= 0.6 is 23.4 Å². The maximum Gasteiger partial charge on any atom is 0.233 e. The average Bonchev–Trinajstić information content (AvgIpc) is 3.06. The number of benzene rings is 2. The third kappa shape index (κ3) is 4.01. The van der Waals surface area contributed by atoms with E-state index >= 15 is 0 Å². The molecule has 1 amide bonds. The van der Waals surface area contributed by atoms with Gasteiger partial charge >= 0.3 is 0 Å². The molecular weight excluding hydrogens is 380 g/mol. The normalized spacial score (nSPS) is 12.0. The molecule has 0 aliphatic carbocycles. The molecule has 3 rings (SSSR count). The molecule has 7 heteroatoms. The van der Waals surface area contributed by atoms with Crippen molar-refractivity contribution in [2.75, 3.05) is 7.05 Å². The number of hydrogen-bond acceptors (Lipinski definition) is 4. The van der Waals surface area contributed by atoms with Crippen LogP contribution in [0.25, 0.3) is 17.1 Å². The van der Waals surface area contributed by atoms with Gasteiger partial charge in [0.05, 0.1) is 16.0 Å². The van der Waals surface area contributed by atoms with Gasteiger partial charge in [0, 0.05) is 12.6 Å². The van der Waals surface area contributed by atoms with Gasteiger partial charge in [0.1, 0.15) is 0 Å². The van der Waals surface area contributed by atoms with Crippen LogP contribution in [0.1, 0.15) is 18.1 Å². The van der Waals surface area contributed by atoms with Crippen LogP contribution in [0.5, 0.6) is 0 Å². The van der Waals surface area contributed by atoms with Gasteiger partial charge in [0.15, 0.2) is 11.0 Å². The molecule has 0 aliphatic heterocycles. The molecule has 0 bridgehead atoms. The minimum absolute atomic E-state index is 0.0604. The molecule has 27 heavy (non-hydrogen) atoms. The van der Waals surface area contributed by atoms with Gasteiger partial charge in [-0.15, -0.1) is 10.2 Å². The summed E-state index contributed by atoms with van der Waals surface area (Å²) in [5.74, 6) is 0.593. The quantitative estimate of drug-likeness (QED) is 0.643. The second-order valence-electron chi connectivity index (χ2n) is 6.29. The van der Waals surface area contributed by atoms with Gasteiger partial charge in [0.2, 0.25) is 5.91 Å². The summed E-state index contributed by atoms with van der Waals surface area (Å²) in [5, 5.41) is 12.4. The Morgan fingerprint density at radius 3 is 2.63 bits per heavy atom. The molecular formula is C20H21ClN4OS. The van der Waals surface area contributed by atoms with Crippen molar-refractivity contribution < 1.29 is 4.79 Å². The first kappa shape index (κ1) is 19.5. The second-order valence-corrected chi connectivity index (χ2v) is 8.00. The molecule has 1 atom stereocenters. The molecule has 0 saturated heterocycles. The zero-order chi connectivity index (χ0) is 19.6. The average molecular weight is 401 g/mol. The van der Waals surface area contributed by atoms with Crippen molar-refractivity contribution >= 4 is 29.3 Å². The fourth-order valence-electron chi connectivity index (χ4n) is 2.76. The monoisotopic (exact) mass is 400 g/mol. The molecule has 140 valence electrons. The summed E-state index contributed by atoms with van der Waals surface area (Å²) in [6, 6.07) is 13.8. The van der Waals surface area contributed by atoms with Gasteiger partial charge in [-0.2, -0.15) is 0 Å². The number of nitrogens with one attached hydrogen (secondary N) is 1. The molecule has 0 radical (unpaired) electrons. The Hall–Kier alpha value is -2.31. The molecule has 0 saturated carbocycles. The summed E-state index contributed by atoms with van der Waals surface area (Å²) in [4.78, 5) is 12.0. The number of halogens is 1. The predicted octanol–water partition coefficient (Wildman–Crippen LogP) is 4.43. The number of aromatic nitrogens is 3. The number of amides is 1. The minimum Gasteiger partial charge on any atom is -0.358 e. The molecule has 0 aliphatic rings. The Balaban J connectivity index is 2.20. The number of carbonyl (C=O) groups is 1. The van der Waals surface area contributed by atoms with E-state index in [9.17, 15) is 4.79 Å². The van der Waals surface area contributed by atoms with Crippen LogP contribution in [-0.4, -0.2) is 33.0 Å². The summed E-state index contributed by atoms with van der Waals surface area (Å²) < 4.78 is 1.98. The lowest BCUT2D eigenvalue weighted by Crippen LogP contribution is -2.27. The van der Waals surface area contributed by atoms with Crippen molar-refractivity contribution in [3.05, 3.63) is 58.6 Å². The Morgan fingerprint density at radius 2 is 1.93 bits per heavy atom. The Labute approximate surface area is 168 Å². The van der Waals surface area contributed by atoms with Gasteiger partial charge < -0.3 is 5.32 Å². The van der Waals surface area contributed by atoms with E-state index in [4.69, 9.17) is 11.6 Å². The highest BCUT2D eigenvalue weighted by Crippen LogP contribution is 2.34. The van der Waals surface area contributed by atoms with Crippen LogP contribution in [-0.2, 0) is 4.79 Å². The van der Waals surface area contributed by atoms with Crippen molar-refractivity contribution in [2.45, 2.75) is 31.2 Å². The summed E-state index contributed by atoms with van der Waals surface area (Å²) in [6.45, 7) is 5.94. The number of nitrogens with zero attached hydrogens (tertiary/aromatic N) is 3. The van der Waals surface area contributed by atoms with Gasteiger partial charge in [-0.3, -0.25) is 9.36 Å². The fraction of sp³-hybridized carbons (Fsp3) is 0.250. The first-order valence-corrected chi connectivity index (χ1v) is 9.84. The third-order valence-electron chi connectivity index (χ3n) is 4.25. The van der Waals surface area contributed by atoms with E-state index in [2.05, 4.69) is 33.7 Å². The number of carbonyl (C=O) groups excluding carboxylic acids is 1. The lowest BCUT2D eigenvalue weighted by Gasteiger charge is -2.16. The standard InChI is InChI=1S/C20H21ClN4OS/c1-12-9-10-13(2)17(11-12)25-18(15-7-5-6-8-16(15)21)23-24-20(25)27-14(3)19(26)22-4/h5-11,14H,1-4H3,(H,22,26). The zero-order valence-electron chi connectivity index (χ0n) is 15.7. The lowest BCUT2D eigenvalue weighted by molar-refractivity contribution is -0.119. The first-order chi connectivity index (χ1) is 12.9. The van der Waals surface area contributed by atoms with Crippen LogP contribution in [0.3, 0.4) is 0 Å². The molecule has 2 aromatic carbocycles. The number of thioether (sulfide) groups is 1. The summed E-state index contributed by atoms with van der Waals surface area (Å²) >= 11 is 7.79. The molecule has 0 fully saturated rings. The minimum atomic E-state index is -0.304. The first-order valence-electron chi connectivity index (χ1n) is 8.58. The molecule has 1 unspecified atom stereocenters. The van der Waals surface area contributed by atoms with Crippen molar-refractivity contribution in [1.82, 2.24) is 20.1 Å². The molecule has 1 N–H and O–H groups in total. The molecule has 5 nitrogen and oxygen atoms in total. The second kappa shape index (κ2) is 8.15. The van der Waals surface area contributed by atoms with Crippen molar-refractivity contribution in [1.29, 1.82) is 0 Å². The van der Waals surface area contributed by atoms with Gasteiger partial charge in [-0.1, -0.05) is 47.6 Å². The SMILES string of the molecule is CNC(=O)C(C)Sc1nnc(-c2ccccc2Cl)n1-c1cc(C)ccc1C. The smallest absolute Gasteiger partial charge is 0.233 e. The summed E-state index contributed by atoms with van der Waals surface area (Å²) in [6.07, 6.45) is 0. The fourth-order valence-corrected chi connectivity index (χ4v) is 3.90. The summed E-state index contributed by atoms with van der Waals surface area (Å²) in [5.41, 5.74) is 3.99. The highest BCUT2D eigenvalue weighted by atomic mass is 35.5. The lowest BCUT2D eigenvalue weighted by atomic mass is 10.1. The molecule has 1 heterocycles. The van der Waals surface area contributed by atoms with Gasteiger partial charge in [-0.05, 0) is 50.1 Å². The van der Waals surface area contributed by atoms with Gasteiger partial charge in [0.25, 0.3) is 0 Å². The van der Waals surface area contributed by atoms with Crippen molar-refractivity contribution in [3.63, 3.8) is 0 Å². The topological polar surface area (TPSA) is 59.8 Å². The van der Waals surface area contributed by atoms with Gasteiger partial charge in [-0.25, -0.2) is 0 Å². The third-order valence-corrected chi connectivity index (χ3v) is 5.62. The van der Waals surface area contributed by atoms with Crippen LogP contribution in [0.15, 0.2) is 47.6 Å². The van der Waals surface area contributed by atoms with E-state index in [0.29, 0.717) is 16.0 Å². The van der Waals surface area contributed by atoms with E-state index in [1.807, 2.05) is 49.6 Å². The van der Waals surface area contributed by atoms with E-state index in [0.717, 1.165) is 22.4 Å². The molecule has 0 spiro atoms. The predicted molar refractivity (Wildman–Crippen MR) is 111 cm³/mol. The zero-order valence-corrected chi connectivity index (χ0v) is 17.2. The van der Waals surface area contributed by atoms with Crippen LogP contribution in [0.4, 0.5) is 0 Å². The van der Waals surface area contributed by atoms with E-state index in [1.54, 1.807) is 7.05 Å². The highest BCUT2D eigenvalue weighted by Gasteiger charge is 2.23. The highest BCUT2D eigenvalue weighted by molar-refractivity contribution is 8.00. The van der Waals surface area contributed by atoms with Crippen molar-refractivity contribution in [2.24, 2.45) is 0 Å².